The molecule has 1 heterocycles. The predicted molar refractivity (Wildman–Crippen MR) is 37.6 cm³/mol. The predicted octanol–water partition coefficient (Wildman–Crippen LogP) is 0.977. The van der Waals surface area contributed by atoms with Crippen molar-refractivity contribution in [2.24, 2.45) is 5.73 Å². The summed E-state index contributed by atoms with van der Waals surface area (Å²) >= 11 is 0.913. The molecule has 0 saturated heterocycles. The SMILES string of the molecule is NCCc1nnc(C(F)F)s1. The largest absolute Gasteiger partial charge is 0.330 e. The molecule has 11 heavy (non-hydrogen) atoms. The Labute approximate surface area is 66.2 Å². The Morgan fingerprint density at radius 1 is 1.45 bits per heavy atom. The minimum atomic E-state index is -2.51. The molecule has 0 radical (unpaired) electrons. The van der Waals surface area contributed by atoms with E-state index < -0.39 is 6.43 Å². The highest BCUT2D eigenvalue weighted by Crippen LogP contribution is 2.21. The quantitative estimate of drug-likeness (QED) is 0.752. The average molecular weight is 179 g/mol. The Bertz CT molecular complexity index is 225. The van der Waals surface area contributed by atoms with E-state index in [1.807, 2.05) is 0 Å². The summed E-state index contributed by atoms with van der Waals surface area (Å²) in [6.07, 6.45) is -2.00. The van der Waals surface area contributed by atoms with E-state index >= 15 is 0 Å². The minimum absolute atomic E-state index is 0.228. The molecular formula is C5H7F2N3S. The van der Waals surface area contributed by atoms with Crippen LogP contribution in [0.5, 0.6) is 0 Å². The first kappa shape index (κ1) is 8.48. The molecule has 1 rings (SSSR count). The zero-order chi connectivity index (χ0) is 8.27. The van der Waals surface area contributed by atoms with Gasteiger partial charge in [-0.25, -0.2) is 8.78 Å². The topological polar surface area (TPSA) is 51.8 Å². The highest BCUT2D eigenvalue weighted by Gasteiger charge is 2.12. The average Bonchev–Trinajstić information content (AvgIpc) is 2.37. The molecule has 0 spiro atoms. The fourth-order valence-electron chi connectivity index (χ4n) is 0.579. The fraction of sp³-hybridized carbons (Fsp3) is 0.600. The van der Waals surface area contributed by atoms with Crippen LogP contribution >= 0.6 is 11.3 Å². The molecule has 0 amide bonds. The van der Waals surface area contributed by atoms with Gasteiger partial charge in [-0.2, -0.15) is 0 Å². The lowest BCUT2D eigenvalue weighted by molar-refractivity contribution is 0.150. The first-order valence-corrected chi connectivity index (χ1v) is 3.86. The summed E-state index contributed by atoms with van der Waals surface area (Å²) in [5, 5.41) is 7.18. The van der Waals surface area contributed by atoms with Crippen LogP contribution in [-0.2, 0) is 6.42 Å². The van der Waals surface area contributed by atoms with Gasteiger partial charge in [-0.3, -0.25) is 0 Å². The summed E-state index contributed by atoms with van der Waals surface area (Å²) in [7, 11) is 0. The van der Waals surface area contributed by atoms with Crippen molar-refractivity contribution in [3.8, 4) is 0 Å². The zero-order valence-electron chi connectivity index (χ0n) is 5.63. The Balaban J connectivity index is 2.66. The number of aromatic nitrogens is 2. The van der Waals surface area contributed by atoms with Crippen molar-refractivity contribution in [2.45, 2.75) is 12.8 Å². The molecule has 0 aromatic carbocycles. The zero-order valence-corrected chi connectivity index (χ0v) is 6.44. The molecule has 1 aromatic rings. The summed E-state index contributed by atoms with van der Waals surface area (Å²) in [5.41, 5.74) is 5.20. The third-order valence-electron chi connectivity index (χ3n) is 1.03. The summed E-state index contributed by atoms with van der Waals surface area (Å²) in [6, 6.07) is 0. The van der Waals surface area contributed by atoms with Crippen LogP contribution in [0.2, 0.25) is 0 Å². The molecule has 0 fully saturated rings. The molecule has 0 aliphatic rings. The molecule has 0 unspecified atom stereocenters. The Kier molecular flexibility index (Phi) is 2.84. The van der Waals surface area contributed by atoms with E-state index in [2.05, 4.69) is 10.2 Å². The smallest absolute Gasteiger partial charge is 0.291 e. The molecule has 3 nitrogen and oxygen atoms in total. The van der Waals surface area contributed by atoms with Crippen molar-refractivity contribution in [2.75, 3.05) is 6.54 Å². The second-order valence-electron chi connectivity index (χ2n) is 1.87. The van der Waals surface area contributed by atoms with E-state index in [9.17, 15) is 8.78 Å². The number of hydrogen-bond acceptors (Lipinski definition) is 4. The first-order valence-electron chi connectivity index (χ1n) is 3.04. The molecule has 0 saturated carbocycles. The van der Waals surface area contributed by atoms with Crippen molar-refractivity contribution in [1.82, 2.24) is 10.2 Å². The van der Waals surface area contributed by atoms with E-state index in [1.165, 1.54) is 0 Å². The molecule has 6 heteroatoms. The van der Waals surface area contributed by atoms with Crippen molar-refractivity contribution >= 4 is 11.3 Å². The van der Waals surface area contributed by atoms with Crippen LogP contribution in [0.15, 0.2) is 0 Å². The van der Waals surface area contributed by atoms with Crippen molar-refractivity contribution in [3.63, 3.8) is 0 Å². The summed E-state index contributed by atoms with van der Waals surface area (Å²) < 4.78 is 23.8. The Morgan fingerprint density at radius 3 is 2.64 bits per heavy atom. The van der Waals surface area contributed by atoms with E-state index in [1.54, 1.807) is 0 Å². The number of nitrogens with two attached hydrogens (primary N) is 1. The molecular weight excluding hydrogens is 172 g/mol. The van der Waals surface area contributed by atoms with Crippen LogP contribution in [0.3, 0.4) is 0 Å². The van der Waals surface area contributed by atoms with Crippen LogP contribution in [0, 0.1) is 0 Å². The number of rotatable bonds is 3. The number of halogens is 2. The highest BCUT2D eigenvalue weighted by atomic mass is 32.1. The van der Waals surface area contributed by atoms with Crippen molar-refractivity contribution in [3.05, 3.63) is 10.0 Å². The van der Waals surface area contributed by atoms with Gasteiger partial charge in [0.25, 0.3) is 6.43 Å². The summed E-state index contributed by atoms with van der Waals surface area (Å²) in [4.78, 5) is 0. The van der Waals surface area contributed by atoms with Gasteiger partial charge in [0.2, 0.25) is 0 Å². The van der Waals surface area contributed by atoms with Gasteiger partial charge in [-0.05, 0) is 6.54 Å². The lowest BCUT2D eigenvalue weighted by Gasteiger charge is -1.86. The lowest BCUT2D eigenvalue weighted by atomic mass is 10.5. The summed E-state index contributed by atoms with van der Waals surface area (Å²) in [5.74, 6) is 0. The third kappa shape index (κ3) is 2.16. The number of hydrogen-bond donors (Lipinski definition) is 1. The van der Waals surface area contributed by atoms with Gasteiger partial charge in [-0.1, -0.05) is 11.3 Å². The minimum Gasteiger partial charge on any atom is -0.330 e. The van der Waals surface area contributed by atoms with Gasteiger partial charge in [0.15, 0.2) is 5.01 Å². The van der Waals surface area contributed by atoms with Gasteiger partial charge in [-0.15, -0.1) is 10.2 Å². The van der Waals surface area contributed by atoms with Gasteiger partial charge in [0.1, 0.15) is 5.01 Å². The molecule has 0 bridgehead atoms. The second kappa shape index (κ2) is 3.68. The maximum absolute atomic E-state index is 11.9. The molecule has 62 valence electrons. The second-order valence-corrected chi connectivity index (χ2v) is 2.97. The van der Waals surface area contributed by atoms with Gasteiger partial charge in [0.05, 0.1) is 0 Å². The lowest BCUT2D eigenvalue weighted by Crippen LogP contribution is -2.01. The maximum Gasteiger partial charge on any atom is 0.291 e. The van der Waals surface area contributed by atoms with Crippen LogP contribution in [0.25, 0.3) is 0 Å². The van der Waals surface area contributed by atoms with E-state index in [4.69, 9.17) is 5.73 Å². The van der Waals surface area contributed by atoms with E-state index in [0.29, 0.717) is 18.0 Å². The van der Waals surface area contributed by atoms with E-state index in [-0.39, 0.29) is 5.01 Å². The van der Waals surface area contributed by atoms with Crippen molar-refractivity contribution in [1.29, 1.82) is 0 Å². The van der Waals surface area contributed by atoms with Crippen LogP contribution in [0.4, 0.5) is 8.78 Å². The maximum atomic E-state index is 11.9. The number of nitrogens with zero attached hydrogens (tertiary/aromatic N) is 2. The van der Waals surface area contributed by atoms with Gasteiger partial charge in [0, 0.05) is 6.42 Å². The summed E-state index contributed by atoms with van der Waals surface area (Å²) in [6.45, 7) is 0.415. The normalized spacial score (nSPS) is 10.9. The molecule has 0 aliphatic heterocycles. The highest BCUT2D eigenvalue weighted by molar-refractivity contribution is 7.11. The molecule has 0 aliphatic carbocycles. The van der Waals surface area contributed by atoms with Crippen LogP contribution in [0.1, 0.15) is 16.4 Å². The van der Waals surface area contributed by atoms with E-state index in [0.717, 1.165) is 11.3 Å². The first-order chi connectivity index (χ1) is 5.24. The molecule has 2 N–H and O–H groups in total. The Hall–Kier alpha value is -0.620. The van der Waals surface area contributed by atoms with Crippen LogP contribution in [-0.4, -0.2) is 16.7 Å². The molecule has 1 aromatic heterocycles. The van der Waals surface area contributed by atoms with Crippen molar-refractivity contribution < 1.29 is 8.78 Å². The Morgan fingerprint density at radius 2 is 2.18 bits per heavy atom. The third-order valence-corrected chi connectivity index (χ3v) is 2.02. The van der Waals surface area contributed by atoms with Gasteiger partial charge < -0.3 is 5.73 Å². The monoisotopic (exact) mass is 179 g/mol. The standard InChI is InChI=1S/C5H7F2N3S/c6-4(7)5-10-9-3(11-5)1-2-8/h4H,1-2,8H2. The van der Waals surface area contributed by atoms with Crippen LogP contribution < -0.4 is 5.73 Å². The fourth-order valence-corrected chi connectivity index (χ4v) is 1.29. The van der Waals surface area contributed by atoms with Gasteiger partial charge >= 0.3 is 0 Å². The number of alkyl halides is 2. The molecule has 0 atom stereocenters.